The average molecular weight is 177 g/mol. The molecule has 0 rings (SSSR count). The number of hydrogen-bond donors (Lipinski definition) is 3. The molecule has 11 heavy (non-hydrogen) atoms. The molecule has 0 saturated heterocycles. The van der Waals surface area contributed by atoms with Gasteiger partial charge in [0.1, 0.15) is 5.54 Å². The molecule has 0 aliphatic rings. The average Bonchev–Trinajstić information content (AvgIpc) is 2.04. The van der Waals surface area contributed by atoms with Crippen molar-refractivity contribution in [2.24, 2.45) is 11.5 Å². The van der Waals surface area contributed by atoms with Crippen molar-refractivity contribution < 1.29 is 11.3 Å². The molecule has 1 atom stereocenters. The van der Waals surface area contributed by atoms with Crippen LogP contribution in [0, 0.1) is 0 Å². The first-order valence-electron chi connectivity index (χ1n) is 3.57. The molecule has 0 aromatic rings. The summed E-state index contributed by atoms with van der Waals surface area (Å²) in [4.78, 5) is 10.5. The van der Waals surface area contributed by atoms with E-state index in [4.69, 9.17) is 17.9 Å². The molecule has 0 aromatic heterocycles. The highest BCUT2D eigenvalue weighted by molar-refractivity contribution is 8.02. The lowest BCUT2D eigenvalue weighted by Gasteiger charge is -2.16. The second kappa shape index (κ2) is 4.25. The molecule has 0 unspecified atom stereocenters. The molecule has 5 N–H and O–H groups in total. The highest BCUT2D eigenvalue weighted by Crippen LogP contribution is 2.10. The summed E-state index contributed by atoms with van der Waals surface area (Å²) in [5.74, 6) is -1.00. The van der Waals surface area contributed by atoms with Crippen LogP contribution in [0.5, 0.6) is 0 Å². The van der Waals surface area contributed by atoms with Gasteiger partial charge in [0.15, 0.2) is 0 Å². The van der Waals surface area contributed by atoms with Crippen LogP contribution in [0.15, 0.2) is 11.6 Å². The molecule has 0 aromatic carbocycles. The number of aliphatic carboxylic acids is 1. The second-order valence-electron chi connectivity index (χ2n) is 2.10. The minimum atomic E-state index is -1.47. The van der Waals surface area contributed by atoms with Crippen LogP contribution >= 0.6 is 11.8 Å². The lowest BCUT2D eigenvalue weighted by atomic mass is 10.1. The fourth-order valence-corrected chi connectivity index (χ4v) is 0.942. The van der Waals surface area contributed by atoms with Crippen LogP contribution in [0.3, 0.4) is 0 Å². The molecule has 0 radical (unpaired) electrons. The third-order valence-electron chi connectivity index (χ3n) is 0.942. The van der Waals surface area contributed by atoms with Crippen LogP contribution in [-0.4, -0.2) is 22.4 Å². The summed E-state index contributed by atoms with van der Waals surface area (Å²) in [6.07, 6.45) is 1.30. The fraction of sp³-hybridized carbons (Fsp3) is 0.500. The van der Waals surface area contributed by atoms with E-state index in [0.29, 0.717) is 0 Å². The van der Waals surface area contributed by atoms with E-state index < -0.39 is 11.5 Å². The lowest BCUT2D eigenvalue weighted by molar-refractivity contribution is -0.141. The van der Waals surface area contributed by atoms with Crippen LogP contribution in [0.1, 0.15) is 8.27 Å². The maximum Gasteiger partial charge on any atom is 0.324 e. The van der Waals surface area contributed by atoms with Gasteiger partial charge in [0.2, 0.25) is 0 Å². The summed E-state index contributed by atoms with van der Waals surface area (Å²) >= 11 is 1.18. The number of rotatable bonds is 4. The molecular formula is C6H12N2O2S. The topological polar surface area (TPSA) is 89.3 Å². The van der Waals surface area contributed by atoms with Gasteiger partial charge in [-0.1, -0.05) is 0 Å². The lowest BCUT2D eigenvalue weighted by Crippen LogP contribution is -2.47. The van der Waals surface area contributed by atoms with Crippen molar-refractivity contribution in [1.82, 2.24) is 0 Å². The molecular weight excluding hydrogens is 164 g/mol. The Hall–Kier alpha value is -0.680. The fourth-order valence-electron chi connectivity index (χ4n) is 0.314. The summed E-state index contributed by atoms with van der Waals surface area (Å²) in [5, 5.41) is 10.2. The number of carboxylic acids is 1. The minimum absolute atomic E-state index is 0.152. The smallest absolute Gasteiger partial charge is 0.324 e. The Morgan fingerprint density at radius 2 is 2.64 bits per heavy atom. The van der Waals surface area contributed by atoms with E-state index in [-0.39, 0.29) is 12.7 Å². The second-order valence-corrected chi connectivity index (χ2v) is 3.00. The molecule has 64 valence electrons. The Morgan fingerprint density at radius 3 is 3.00 bits per heavy atom. The first-order chi connectivity index (χ1) is 5.56. The van der Waals surface area contributed by atoms with Crippen LogP contribution in [0.2, 0.25) is 0 Å². The van der Waals surface area contributed by atoms with Crippen LogP contribution in [0.4, 0.5) is 0 Å². The molecule has 0 aliphatic heterocycles. The van der Waals surface area contributed by atoms with Crippen LogP contribution in [0.25, 0.3) is 0 Å². The summed E-state index contributed by atoms with van der Waals surface area (Å²) in [6.45, 7) is -0.340. The monoisotopic (exact) mass is 177 g/mol. The highest BCUT2D eigenvalue weighted by atomic mass is 32.2. The number of thioether (sulfide) groups is 1. The molecule has 0 heterocycles. The van der Waals surface area contributed by atoms with Gasteiger partial charge in [-0.15, -0.1) is 11.8 Å². The van der Waals surface area contributed by atoms with Crippen molar-refractivity contribution >= 4 is 17.7 Å². The van der Waals surface area contributed by atoms with E-state index in [0.717, 1.165) is 0 Å². The maximum atomic E-state index is 10.5. The number of carboxylic acid groups (broad SMARTS) is 1. The van der Waals surface area contributed by atoms with Crippen molar-refractivity contribution in [3.05, 3.63) is 11.6 Å². The first kappa shape index (κ1) is 8.42. The predicted molar refractivity (Wildman–Crippen MR) is 46.0 cm³/mol. The molecule has 0 bridgehead atoms. The maximum absolute atomic E-state index is 10.5. The number of carbonyl (C=O) groups is 1. The summed E-state index contributed by atoms with van der Waals surface area (Å²) in [7, 11) is 0. The molecule has 0 amide bonds. The standard InChI is InChI=1S/C6H12N2O2S/c1-6(8,5(9)10)4-11-3-2-7/h2-3H,4,7-8H2,1H3,(H,9,10)/b3-2-/t6-/m0/s1/i1D. The summed E-state index contributed by atoms with van der Waals surface area (Å²) in [5.41, 5.74) is 8.97. The quantitative estimate of drug-likeness (QED) is 0.560. The minimum Gasteiger partial charge on any atom is -0.480 e. The van der Waals surface area contributed by atoms with Gasteiger partial charge in [-0.25, -0.2) is 0 Å². The van der Waals surface area contributed by atoms with Gasteiger partial charge < -0.3 is 16.6 Å². The Bertz CT molecular complexity index is 188. The third-order valence-corrected chi connectivity index (χ3v) is 1.97. The van der Waals surface area contributed by atoms with E-state index in [1.807, 2.05) is 0 Å². The van der Waals surface area contributed by atoms with Crippen molar-refractivity contribution in [2.45, 2.75) is 12.4 Å². The van der Waals surface area contributed by atoms with Crippen molar-refractivity contribution in [2.75, 3.05) is 5.75 Å². The van der Waals surface area contributed by atoms with E-state index in [1.165, 1.54) is 18.0 Å². The van der Waals surface area contributed by atoms with Crippen molar-refractivity contribution in [1.29, 1.82) is 0 Å². The summed E-state index contributed by atoms with van der Waals surface area (Å²) < 4.78 is 6.95. The third kappa shape index (κ3) is 3.90. The van der Waals surface area contributed by atoms with Gasteiger partial charge in [0, 0.05) is 13.3 Å². The van der Waals surface area contributed by atoms with Crippen molar-refractivity contribution in [3.8, 4) is 0 Å². The van der Waals surface area contributed by atoms with E-state index >= 15 is 0 Å². The Labute approximate surface area is 71.0 Å². The Morgan fingerprint density at radius 1 is 2.00 bits per heavy atom. The molecule has 0 fully saturated rings. The molecule has 0 spiro atoms. The summed E-state index contributed by atoms with van der Waals surface area (Å²) in [6, 6.07) is 0. The van der Waals surface area contributed by atoms with E-state index in [1.54, 1.807) is 5.41 Å². The van der Waals surface area contributed by atoms with Gasteiger partial charge >= 0.3 is 5.97 Å². The number of hydrogen-bond acceptors (Lipinski definition) is 4. The molecule has 4 nitrogen and oxygen atoms in total. The molecule has 0 aliphatic carbocycles. The Kier molecular flexibility index (Phi) is 3.25. The zero-order valence-electron chi connectivity index (χ0n) is 6.99. The van der Waals surface area contributed by atoms with Gasteiger partial charge in [0.25, 0.3) is 0 Å². The zero-order chi connectivity index (χ0) is 9.61. The zero-order valence-corrected chi connectivity index (χ0v) is 6.80. The normalized spacial score (nSPS) is 17.7. The van der Waals surface area contributed by atoms with E-state index in [9.17, 15) is 4.79 Å². The van der Waals surface area contributed by atoms with Gasteiger partial charge in [-0.3, -0.25) is 4.79 Å². The Balaban J connectivity index is 4.05. The van der Waals surface area contributed by atoms with Gasteiger partial charge in [-0.2, -0.15) is 0 Å². The first-order valence-corrected chi connectivity index (χ1v) is 3.91. The predicted octanol–water partition coefficient (Wildman–Crippen LogP) is -0.0485. The van der Waals surface area contributed by atoms with Crippen LogP contribution < -0.4 is 11.5 Å². The van der Waals surface area contributed by atoms with E-state index in [2.05, 4.69) is 0 Å². The highest BCUT2D eigenvalue weighted by Gasteiger charge is 2.26. The SMILES string of the molecule is [2H]C[C@](N)(CS/C=C\N)C(=O)O. The van der Waals surface area contributed by atoms with Gasteiger partial charge in [0.05, 0.1) is 0 Å². The number of nitrogens with two attached hydrogens (primary N) is 2. The van der Waals surface area contributed by atoms with Crippen molar-refractivity contribution in [3.63, 3.8) is 0 Å². The van der Waals surface area contributed by atoms with Crippen LogP contribution in [-0.2, 0) is 4.79 Å². The van der Waals surface area contributed by atoms with Gasteiger partial charge in [-0.05, 0) is 12.3 Å². The molecule has 5 heteroatoms. The largest absolute Gasteiger partial charge is 0.480 e. The molecule has 0 saturated carbocycles.